The highest BCUT2D eigenvalue weighted by molar-refractivity contribution is 9.18. The van der Waals surface area contributed by atoms with E-state index < -0.39 is 0 Å². The molecule has 0 fully saturated rings. The van der Waals surface area contributed by atoms with Crippen molar-refractivity contribution in [1.82, 2.24) is 10.3 Å². The number of rotatable bonds is 3. The van der Waals surface area contributed by atoms with Crippen LogP contribution in [0, 0.1) is 6.92 Å². The molecule has 0 bridgehead atoms. The van der Waals surface area contributed by atoms with Crippen LogP contribution in [0.3, 0.4) is 0 Å². The molecule has 1 N–H and O–H groups in total. The van der Waals surface area contributed by atoms with Crippen LogP contribution in [0.25, 0.3) is 11.1 Å². The Morgan fingerprint density at radius 2 is 2.38 bits per heavy atom. The first-order chi connectivity index (χ1) is 7.65. The molecule has 1 aromatic carbocycles. The van der Waals surface area contributed by atoms with E-state index in [1.165, 1.54) is 0 Å². The minimum atomic E-state index is -0.189. The van der Waals surface area contributed by atoms with E-state index in [-0.39, 0.29) is 4.82 Å². The lowest BCUT2D eigenvalue weighted by Gasteiger charge is -2.01. The van der Waals surface area contributed by atoms with Crippen molar-refractivity contribution in [2.24, 2.45) is 0 Å². The van der Waals surface area contributed by atoms with Crippen LogP contribution in [0.1, 0.15) is 11.5 Å². The lowest BCUT2D eigenvalue weighted by molar-refractivity contribution is 0.262. The van der Waals surface area contributed by atoms with Gasteiger partial charge in [-0.15, -0.1) is 0 Å². The Morgan fingerprint density at radius 1 is 1.56 bits per heavy atom. The number of aromatic nitrogens is 1. The number of hydrogen-bond donors (Lipinski definition) is 1. The Bertz CT molecular complexity index is 522. The van der Waals surface area contributed by atoms with E-state index in [1.54, 1.807) is 0 Å². The molecule has 1 aromatic heterocycles. The summed E-state index contributed by atoms with van der Waals surface area (Å²) in [4.78, 5) is 14.7. The molecule has 0 saturated carbocycles. The second-order valence-corrected chi connectivity index (χ2v) is 4.21. The first kappa shape index (κ1) is 11.1. The van der Waals surface area contributed by atoms with Gasteiger partial charge in [-0.1, -0.05) is 6.07 Å². The molecular formula is C11H11BrN2O2. The van der Waals surface area contributed by atoms with Gasteiger partial charge in [0, 0.05) is 29.4 Å². The van der Waals surface area contributed by atoms with Crippen LogP contribution >= 0.6 is 15.9 Å². The summed E-state index contributed by atoms with van der Waals surface area (Å²) in [6.07, 6.45) is 0.777. The summed E-state index contributed by atoms with van der Waals surface area (Å²) in [5, 5.41) is 2.68. The van der Waals surface area contributed by atoms with Gasteiger partial charge in [-0.2, -0.15) is 0 Å². The van der Waals surface area contributed by atoms with Gasteiger partial charge in [0.25, 0.3) is 4.82 Å². The van der Waals surface area contributed by atoms with Crippen LogP contribution in [0.15, 0.2) is 22.6 Å². The van der Waals surface area contributed by atoms with E-state index in [4.69, 9.17) is 4.42 Å². The number of carbonyl (C=O) groups excluding carboxylic acids is 1. The standard InChI is InChI=1S/C11H11BrN2O2/c1-7-14-9-6-8(2-3-10(9)16-7)4-5-13-11(12)15/h2-3,6H,4-5H2,1H3,(H,13,15). The molecule has 2 rings (SSSR count). The molecule has 2 aromatic rings. The predicted molar refractivity (Wildman–Crippen MR) is 64.8 cm³/mol. The summed E-state index contributed by atoms with van der Waals surface area (Å²) in [5.41, 5.74) is 2.79. The SMILES string of the molecule is Cc1nc2cc(CCNC(=O)Br)ccc2o1. The van der Waals surface area contributed by atoms with Gasteiger partial charge >= 0.3 is 0 Å². The Hall–Kier alpha value is -1.36. The van der Waals surface area contributed by atoms with Crippen LogP contribution < -0.4 is 5.32 Å². The lowest BCUT2D eigenvalue weighted by Crippen LogP contribution is -2.18. The zero-order chi connectivity index (χ0) is 11.5. The third-order valence-corrected chi connectivity index (χ3v) is 2.52. The van der Waals surface area contributed by atoms with Crippen molar-refractivity contribution < 1.29 is 9.21 Å². The molecule has 0 aliphatic heterocycles. The molecule has 0 radical (unpaired) electrons. The summed E-state index contributed by atoms with van der Waals surface area (Å²) < 4.78 is 5.38. The van der Waals surface area contributed by atoms with Crippen molar-refractivity contribution in [1.29, 1.82) is 0 Å². The fraction of sp³-hybridized carbons (Fsp3) is 0.273. The van der Waals surface area contributed by atoms with Gasteiger partial charge in [0.2, 0.25) is 0 Å². The van der Waals surface area contributed by atoms with Crippen LogP contribution in [0.4, 0.5) is 4.79 Å². The maximum absolute atomic E-state index is 10.6. The van der Waals surface area contributed by atoms with Gasteiger partial charge in [-0.25, -0.2) is 4.98 Å². The van der Waals surface area contributed by atoms with Crippen molar-refractivity contribution in [3.05, 3.63) is 29.7 Å². The molecule has 4 nitrogen and oxygen atoms in total. The normalized spacial score (nSPS) is 10.6. The van der Waals surface area contributed by atoms with E-state index in [0.717, 1.165) is 23.1 Å². The van der Waals surface area contributed by atoms with E-state index >= 15 is 0 Å². The third kappa shape index (κ3) is 2.61. The number of oxazole rings is 1. The third-order valence-electron chi connectivity index (χ3n) is 2.24. The molecule has 0 spiro atoms. The van der Waals surface area contributed by atoms with Crippen molar-refractivity contribution >= 4 is 31.8 Å². The van der Waals surface area contributed by atoms with E-state index in [9.17, 15) is 4.79 Å². The lowest BCUT2D eigenvalue weighted by atomic mass is 10.1. The molecule has 0 saturated heterocycles. The van der Waals surface area contributed by atoms with Crippen LogP contribution in [0.5, 0.6) is 0 Å². The number of halogens is 1. The Balaban J connectivity index is 2.10. The minimum absolute atomic E-state index is 0.189. The number of aryl methyl sites for hydroxylation is 1. The molecular weight excluding hydrogens is 272 g/mol. The van der Waals surface area contributed by atoms with Gasteiger partial charge in [0.05, 0.1) is 0 Å². The number of amides is 1. The van der Waals surface area contributed by atoms with Crippen LogP contribution in [-0.4, -0.2) is 16.3 Å². The van der Waals surface area contributed by atoms with Gasteiger partial charge in [-0.3, -0.25) is 4.79 Å². The monoisotopic (exact) mass is 282 g/mol. The zero-order valence-corrected chi connectivity index (χ0v) is 10.4. The molecule has 0 unspecified atom stereocenters. The predicted octanol–water partition coefficient (Wildman–Crippen LogP) is 2.78. The van der Waals surface area contributed by atoms with Gasteiger partial charge < -0.3 is 9.73 Å². The topological polar surface area (TPSA) is 55.1 Å². The number of nitrogens with zero attached hydrogens (tertiary/aromatic N) is 1. The second kappa shape index (κ2) is 4.65. The fourth-order valence-electron chi connectivity index (χ4n) is 1.55. The average molecular weight is 283 g/mol. The number of carbonyl (C=O) groups is 1. The molecule has 1 heterocycles. The van der Waals surface area contributed by atoms with E-state index in [2.05, 4.69) is 26.2 Å². The van der Waals surface area contributed by atoms with Gasteiger partial charge in [0.15, 0.2) is 11.5 Å². The highest BCUT2D eigenvalue weighted by Crippen LogP contribution is 2.16. The minimum Gasteiger partial charge on any atom is -0.441 e. The van der Waals surface area contributed by atoms with Crippen molar-refractivity contribution in [2.75, 3.05) is 6.54 Å². The Kier molecular flexibility index (Phi) is 3.24. The Labute approximate surface area is 101 Å². The zero-order valence-electron chi connectivity index (χ0n) is 8.79. The van der Waals surface area contributed by atoms with Crippen molar-refractivity contribution in [2.45, 2.75) is 13.3 Å². The number of nitrogens with one attached hydrogen (secondary N) is 1. The summed E-state index contributed by atoms with van der Waals surface area (Å²) in [7, 11) is 0. The van der Waals surface area contributed by atoms with Crippen molar-refractivity contribution in [3.8, 4) is 0 Å². The smallest absolute Gasteiger partial charge is 0.287 e. The average Bonchev–Trinajstić information content (AvgIpc) is 2.56. The maximum Gasteiger partial charge on any atom is 0.287 e. The summed E-state index contributed by atoms with van der Waals surface area (Å²) in [6, 6.07) is 5.86. The first-order valence-electron chi connectivity index (χ1n) is 4.94. The number of hydrogen-bond acceptors (Lipinski definition) is 3. The highest BCUT2D eigenvalue weighted by Gasteiger charge is 2.03. The molecule has 0 aliphatic carbocycles. The first-order valence-corrected chi connectivity index (χ1v) is 5.74. The molecule has 0 aliphatic rings. The summed E-state index contributed by atoms with van der Waals surface area (Å²) in [5.74, 6) is 0.668. The summed E-state index contributed by atoms with van der Waals surface area (Å²) >= 11 is 2.81. The molecule has 0 atom stereocenters. The number of benzene rings is 1. The van der Waals surface area contributed by atoms with E-state index in [0.29, 0.717) is 12.4 Å². The number of fused-ring (bicyclic) bond motifs is 1. The largest absolute Gasteiger partial charge is 0.441 e. The van der Waals surface area contributed by atoms with Gasteiger partial charge in [0.1, 0.15) is 5.52 Å². The second-order valence-electron chi connectivity index (χ2n) is 3.49. The highest BCUT2D eigenvalue weighted by atomic mass is 79.9. The summed E-state index contributed by atoms with van der Waals surface area (Å²) in [6.45, 7) is 2.43. The van der Waals surface area contributed by atoms with Crippen molar-refractivity contribution in [3.63, 3.8) is 0 Å². The molecule has 16 heavy (non-hydrogen) atoms. The van der Waals surface area contributed by atoms with E-state index in [1.807, 2.05) is 25.1 Å². The fourth-order valence-corrected chi connectivity index (χ4v) is 1.75. The molecule has 5 heteroatoms. The van der Waals surface area contributed by atoms with Gasteiger partial charge in [-0.05, 0) is 24.1 Å². The van der Waals surface area contributed by atoms with Crippen LogP contribution in [-0.2, 0) is 6.42 Å². The van der Waals surface area contributed by atoms with Crippen LogP contribution in [0.2, 0.25) is 0 Å². The molecule has 1 amide bonds. The molecule has 84 valence electrons. The Morgan fingerprint density at radius 3 is 3.12 bits per heavy atom. The maximum atomic E-state index is 10.6. The quantitative estimate of drug-likeness (QED) is 0.696.